The molecule has 0 aliphatic carbocycles. The highest BCUT2D eigenvalue weighted by molar-refractivity contribution is 5.97. The van der Waals surface area contributed by atoms with E-state index in [0.717, 1.165) is 5.56 Å². The molecule has 1 aromatic carbocycles. The zero-order chi connectivity index (χ0) is 18.0. The number of carbonyl (C=O) groups is 1. The SMILES string of the molecule is COc1ccccc1C1CNCCN1C(=O)c1n[nH]c(C)c1[N+](=O)[O-].Cl. The van der Waals surface area contributed by atoms with Gasteiger partial charge in [0.25, 0.3) is 5.91 Å². The molecule has 26 heavy (non-hydrogen) atoms. The molecule has 2 N–H and O–H groups in total. The molecule has 1 fully saturated rings. The lowest BCUT2D eigenvalue weighted by Gasteiger charge is -2.36. The number of ether oxygens (including phenoxy) is 1. The Morgan fingerprint density at radius 2 is 2.15 bits per heavy atom. The van der Waals surface area contributed by atoms with Crippen molar-refractivity contribution < 1.29 is 14.5 Å². The van der Waals surface area contributed by atoms with Crippen molar-refractivity contribution in [2.75, 3.05) is 26.7 Å². The van der Waals surface area contributed by atoms with Crippen LogP contribution in [0.4, 0.5) is 5.69 Å². The number of methoxy groups -OCH3 is 1. The zero-order valence-electron chi connectivity index (χ0n) is 14.4. The smallest absolute Gasteiger partial charge is 0.322 e. The quantitative estimate of drug-likeness (QED) is 0.617. The van der Waals surface area contributed by atoms with Gasteiger partial charge in [-0.15, -0.1) is 12.4 Å². The van der Waals surface area contributed by atoms with E-state index in [4.69, 9.17) is 4.74 Å². The molecule has 2 aromatic rings. The summed E-state index contributed by atoms with van der Waals surface area (Å²) >= 11 is 0. The number of nitrogens with one attached hydrogen (secondary N) is 2. The van der Waals surface area contributed by atoms with Crippen molar-refractivity contribution in [2.45, 2.75) is 13.0 Å². The van der Waals surface area contributed by atoms with Gasteiger partial charge in [-0.2, -0.15) is 5.10 Å². The third kappa shape index (κ3) is 3.49. The number of piperazine rings is 1. The van der Waals surface area contributed by atoms with Crippen LogP contribution in [0.2, 0.25) is 0 Å². The van der Waals surface area contributed by atoms with E-state index in [0.29, 0.717) is 25.4 Å². The Balaban J connectivity index is 0.00000243. The van der Waals surface area contributed by atoms with Crippen molar-refractivity contribution >= 4 is 24.0 Å². The maximum absolute atomic E-state index is 13.0. The molecule has 1 aromatic heterocycles. The molecule has 1 aliphatic heterocycles. The minimum absolute atomic E-state index is 0. The molecule has 0 spiro atoms. The molecule has 1 aliphatic rings. The average Bonchev–Trinajstić information content (AvgIpc) is 3.03. The van der Waals surface area contributed by atoms with E-state index in [1.165, 1.54) is 6.92 Å². The number of rotatable bonds is 4. The lowest BCUT2D eigenvalue weighted by molar-refractivity contribution is -0.385. The first-order valence-corrected chi connectivity index (χ1v) is 7.88. The van der Waals surface area contributed by atoms with E-state index in [9.17, 15) is 14.9 Å². The summed E-state index contributed by atoms with van der Waals surface area (Å²) < 4.78 is 5.40. The summed E-state index contributed by atoms with van der Waals surface area (Å²) in [5.74, 6) is 0.204. The fourth-order valence-corrected chi connectivity index (χ4v) is 3.10. The Morgan fingerprint density at radius 3 is 2.85 bits per heavy atom. The Kier molecular flexibility index (Phi) is 6.17. The van der Waals surface area contributed by atoms with Gasteiger partial charge >= 0.3 is 5.69 Å². The predicted molar refractivity (Wildman–Crippen MR) is 96.9 cm³/mol. The molecule has 140 valence electrons. The number of aryl methyl sites for hydroxylation is 1. The molecule has 0 saturated carbocycles. The molecule has 10 heteroatoms. The number of hydrogen-bond acceptors (Lipinski definition) is 6. The van der Waals surface area contributed by atoms with E-state index >= 15 is 0 Å². The van der Waals surface area contributed by atoms with E-state index in [1.54, 1.807) is 12.0 Å². The second-order valence-corrected chi connectivity index (χ2v) is 5.76. The molecule has 0 radical (unpaired) electrons. The molecule has 0 bridgehead atoms. The summed E-state index contributed by atoms with van der Waals surface area (Å²) in [5, 5.41) is 20.9. The normalized spacial score (nSPS) is 16.7. The summed E-state index contributed by atoms with van der Waals surface area (Å²) in [5.41, 5.74) is 0.671. The fourth-order valence-electron chi connectivity index (χ4n) is 3.10. The third-order valence-corrected chi connectivity index (χ3v) is 4.30. The topological polar surface area (TPSA) is 113 Å². The van der Waals surface area contributed by atoms with Gasteiger partial charge in [-0.3, -0.25) is 20.0 Å². The standard InChI is InChI=1S/C16H19N5O4.ClH/c1-10-15(21(23)24)14(19-18-10)16(22)20-8-7-17-9-12(20)11-5-3-4-6-13(11)25-2;/h3-6,12,17H,7-9H2,1-2H3,(H,18,19);1H. The largest absolute Gasteiger partial charge is 0.496 e. The number of aromatic amines is 1. The zero-order valence-corrected chi connectivity index (χ0v) is 15.2. The number of H-pyrrole nitrogens is 1. The van der Waals surface area contributed by atoms with Crippen LogP contribution in [-0.4, -0.2) is 52.7 Å². The molecule has 9 nitrogen and oxygen atoms in total. The van der Waals surface area contributed by atoms with Crippen molar-refractivity contribution in [3.63, 3.8) is 0 Å². The Hall–Kier alpha value is -2.65. The van der Waals surface area contributed by atoms with Gasteiger partial charge in [0.2, 0.25) is 5.69 Å². The average molecular weight is 382 g/mol. The first-order chi connectivity index (χ1) is 12.0. The maximum atomic E-state index is 13.0. The highest BCUT2D eigenvalue weighted by Gasteiger charge is 2.36. The lowest BCUT2D eigenvalue weighted by Crippen LogP contribution is -2.49. The number of halogens is 1. The van der Waals surface area contributed by atoms with Crippen molar-refractivity contribution in [1.82, 2.24) is 20.4 Å². The first-order valence-electron chi connectivity index (χ1n) is 7.88. The molecule has 1 saturated heterocycles. The van der Waals surface area contributed by atoms with Crippen LogP contribution in [0.25, 0.3) is 0 Å². The number of carbonyl (C=O) groups excluding carboxylic acids is 1. The molecule has 2 heterocycles. The predicted octanol–water partition coefficient (Wildman–Crippen LogP) is 1.84. The molecule has 3 rings (SSSR count). The molecular weight excluding hydrogens is 362 g/mol. The number of para-hydroxylation sites is 1. The van der Waals surface area contributed by atoms with Crippen molar-refractivity contribution in [2.24, 2.45) is 0 Å². The summed E-state index contributed by atoms with van der Waals surface area (Å²) in [6.07, 6.45) is 0. The summed E-state index contributed by atoms with van der Waals surface area (Å²) in [6, 6.07) is 7.14. The minimum atomic E-state index is -0.577. The second kappa shape index (κ2) is 8.15. The molecule has 1 amide bonds. The van der Waals surface area contributed by atoms with E-state index in [1.807, 2.05) is 24.3 Å². The van der Waals surface area contributed by atoms with Gasteiger partial charge in [-0.1, -0.05) is 18.2 Å². The van der Waals surface area contributed by atoms with E-state index in [-0.39, 0.29) is 35.5 Å². The highest BCUT2D eigenvalue weighted by Crippen LogP contribution is 2.32. The van der Waals surface area contributed by atoms with Gasteiger partial charge in [0, 0.05) is 25.2 Å². The van der Waals surface area contributed by atoms with Crippen molar-refractivity contribution in [3.8, 4) is 5.75 Å². The monoisotopic (exact) mass is 381 g/mol. The van der Waals surface area contributed by atoms with Gasteiger partial charge in [-0.25, -0.2) is 0 Å². The number of aromatic nitrogens is 2. The van der Waals surface area contributed by atoms with Gasteiger partial charge in [-0.05, 0) is 13.0 Å². The van der Waals surface area contributed by atoms with Crippen LogP contribution in [0.15, 0.2) is 24.3 Å². The fraction of sp³-hybridized carbons (Fsp3) is 0.375. The van der Waals surface area contributed by atoms with Crippen LogP contribution in [-0.2, 0) is 0 Å². The second-order valence-electron chi connectivity index (χ2n) is 5.76. The molecular formula is C16H20ClN5O4. The number of nitro groups is 1. The van der Waals surface area contributed by atoms with Crippen molar-refractivity contribution in [1.29, 1.82) is 0 Å². The van der Waals surface area contributed by atoms with Crippen LogP contribution >= 0.6 is 12.4 Å². The summed E-state index contributed by atoms with van der Waals surface area (Å²) in [7, 11) is 1.57. The Morgan fingerprint density at radius 1 is 1.42 bits per heavy atom. The third-order valence-electron chi connectivity index (χ3n) is 4.30. The molecule has 1 unspecified atom stereocenters. The van der Waals surface area contributed by atoms with Gasteiger partial charge in [0.1, 0.15) is 11.4 Å². The lowest BCUT2D eigenvalue weighted by atomic mass is 10.0. The van der Waals surface area contributed by atoms with Gasteiger partial charge in [0.05, 0.1) is 18.1 Å². The van der Waals surface area contributed by atoms with E-state index < -0.39 is 10.8 Å². The first kappa shape index (κ1) is 19.7. The van der Waals surface area contributed by atoms with Crippen LogP contribution in [0.3, 0.4) is 0 Å². The van der Waals surface area contributed by atoms with Crippen LogP contribution in [0.1, 0.15) is 27.8 Å². The van der Waals surface area contributed by atoms with Gasteiger partial charge in [0.15, 0.2) is 0 Å². The Labute approximate surface area is 156 Å². The maximum Gasteiger partial charge on any atom is 0.322 e. The number of nitrogens with zero attached hydrogens (tertiary/aromatic N) is 3. The summed E-state index contributed by atoms with van der Waals surface area (Å²) in [6.45, 7) is 3.08. The van der Waals surface area contributed by atoms with Crippen LogP contribution in [0.5, 0.6) is 5.75 Å². The molecule has 1 atom stereocenters. The van der Waals surface area contributed by atoms with Crippen LogP contribution in [0, 0.1) is 17.0 Å². The number of hydrogen-bond donors (Lipinski definition) is 2. The minimum Gasteiger partial charge on any atom is -0.496 e. The van der Waals surface area contributed by atoms with Gasteiger partial charge < -0.3 is 15.0 Å². The number of benzene rings is 1. The number of amides is 1. The van der Waals surface area contributed by atoms with Crippen molar-refractivity contribution in [3.05, 3.63) is 51.3 Å². The highest BCUT2D eigenvalue weighted by atomic mass is 35.5. The summed E-state index contributed by atoms with van der Waals surface area (Å²) in [4.78, 5) is 25.3. The van der Waals surface area contributed by atoms with Crippen LogP contribution < -0.4 is 10.1 Å². The Bertz CT molecular complexity index is 810. The van der Waals surface area contributed by atoms with E-state index in [2.05, 4.69) is 15.5 Å².